The summed E-state index contributed by atoms with van der Waals surface area (Å²) in [5, 5.41) is 11.5. The van der Waals surface area contributed by atoms with Gasteiger partial charge in [-0.2, -0.15) is 0 Å². The van der Waals surface area contributed by atoms with Gasteiger partial charge in [0.05, 0.1) is 18.4 Å². The standard InChI is InChI=1S/C26H29N3O5/c1-6-28-19-10-8-7-9-18(19)26(25(28)33)21(23(31)24(32)29(26)14-13-27(3)4)22(30)17-11-12-20(34-5)16(2)15-17/h7-12,15,30H,6,13-14H2,1-5H3/b22-21+. The van der Waals surface area contributed by atoms with Gasteiger partial charge in [-0.15, -0.1) is 0 Å². The SMILES string of the molecule is CCN1C(=O)C2(/C(=C(/O)c3ccc(OC)c(C)c3)C(=O)C(=O)N2CCN(C)C)c2ccccc21. The first-order chi connectivity index (χ1) is 16.2. The van der Waals surface area contributed by atoms with E-state index in [-0.39, 0.29) is 17.9 Å². The molecule has 0 bridgehead atoms. The number of rotatable bonds is 6. The number of carbonyl (C=O) groups excluding carboxylic acids is 3. The van der Waals surface area contributed by atoms with Crippen molar-refractivity contribution in [1.82, 2.24) is 9.80 Å². The highest BCUT2D eigenvalue weighted by molar-refractivity contribution is 6.50. The number of Topliss-reactive ketones (excluding diaryl/α,β-unsaturated/α-hetero) is 1. The zero-order valence-corrected chi connectivity index (χ0v) is 20.1. The molecule has 2 aromatic rings. The molecule has 0 radical (unpaired) electrons. The van der Waals surface area contributed by atoms with Crippen LogP contribution in [0.15, 0.2) is 48.0 Å². The van der Waals surface area contributed by atoms with E-state index in [9.17, 15) is 19.5 Å². The van der Waals surface area contributed by atoms with E-state index in [4.69, 9.17) is 4.74 Å². The van der Waals surface area contributed by atoms with Gasteiger partial charge >= 0.3 is 0 Å². The molecule has 0 aliphatic carbocycles. The molecule has 2 aliphatic rings. The summed E-state index contributed by atoms with van der Waals surface area (Å²) >= 11 is 0. The van der Waals surface area contributed by atoms with Crippen LogP contribution < -0.4 is 9.64 Å². The summed E-state index contributed by atoms with van der Waals surface area (Å²) in [6.07, 6.45) is 0. The maximum absolute atomic E-state index is 14.1. The Hall–Kier alpha value is -3.65. The molecular formula is C26H29N3O5. The van der Waals surface area contributed by atoms with E-state index in [0.29, 0.717) is 35.7 Å². The van der Waals surface area contributed by atoms with E-state index in [1.54, 1.807) is 48.4 Å². The van der Waals surface area contributed by atoms with Gasteiger partial charge in [0.15, 0.2) is 5.54 Å². The summed E-state index contributed by atoms with van der Waals surface area (Å²) in [6.45, 7) is 4.60. The number of aliphatic hydroxyl groups is 1. The lowest BCUT2D eigenvalue weighted by atomic mass is 9.81. The molecule has 8 heteroatoms. The van der Waals surface area contributed by atoms with E-state index < -0.39 is 23.1 Å². The van der Waals surface area contributed by atoms with Crippen molar-refractivity contribution in [3.8, 4) is 5.75 Å². The van der Waals surface area contributed by atoms with Gasteiger partial charge in [0.1, 0.15) is 11.5 Å². The number of anilines is 1. The number of benzene rings is 2. The van der Waals surface area contributed by atoms with Crippen LogP contribution in [0.2, 0.25) is 0 Å². The molecule has 0 saturated carbocycles. The molecule has 1 fully saturated rings. The number of likely N-dealkylation sites (N-methyl/N-ethyl adjacent to an activating group) is 2. The van der Waals surface area contributed by atoms with E-state index in [0.717, 1.165) is 5.56 Å². The van der Waals surface area contributed by atoms with E-state index in [1.807, 2.05) is 38.9 Å². The van der Waals surface area contributed by atoms with Gasteiger partial charge in [-0.05, 0) is 57.8 Å². The molecule has 2 amide bonds. The van der Waals surface area contributed by atoms with Crippen molar-refractivity contribution in [3.05, 3.63) is 64.7 Å². The number of hydrogen-bond donors (Lipinski definition) is 1. The highest BCUT2D eigenvalue weighted by Crippen LogP contribution is 2.53. The fraction of sp³-hybridized carbons (Fsp3) is 0.346. The van der Waals surface area contributed by atoms with E-state index >= 15 is 0 Å². The summed E-state index contributed by atoms with van der Waals surface area (Å²) < 4.78 is 5.31. The average molecular weight is 464 g/mol. The predicted octanol–water partition coefficient (Wildman–Crippen LogP) is 2.51. The molecule has 2 aromatic carbocycles. The molecule has 4 rings (SSSR count). The Morgan fingerprint density at radius 1 is 1.12 bits per heavy atom. The minimum atomic E-state index is -1.73. The second kappa shape index (κ2) is 8.61. The fourth-order valence-corrected chi connectivity index (χ4v) is 4.95. The van der Waals surface area contributed by atoms with Crippen molar-refractivity contribution in [2.24, 2.45) is 0 Å². The van der Waals surface area contributed by atoms with Gasteiger partial charge in [-0.3, -0.25) is 14.4 Å². The second-order valence-electron chi connectivity index (χ2n) is 8.77. The molecule has 1 saturated heterocycles. The van der Waals surface area contributed by atoms with Crippen molar-refractivity contribution < 1.29 is 24.2 Å². The molecule has 2 aliphatic heterocycles. The van der Waals surface area contributed by atoms with Crippen molar-refractivity contribution in [1.29, 1.82) is 0 Å². The number of nitrogens with zero attached hydrogens (tertiary/aromatic N) is 3. The monoisotopic (exact) mass is 463 g/mol. The first-order valence-corrected chi connectivity index (χ1v) is 11.2. The van der Waals surface area contributed by atoms with Crippen molar-refractivity contribution in [2.75, 3.05) is 45.7 Å². The quantitative estimate of drug-likeness (QED) is 0.402. The summed E-state index contributed by atoms with van der Waals surface area (Å²) in [5.41, 5.74) is 0.304. The van der Waals surface area contributed by atoms with E-state index in [1.165, 1.54) is 4.90 Å². The number of amides is 2. The minimum absolute atomic E-state index is 0.146. The fourth-order valence-electron chi connectivity index (χ4n) is 4.95. The van der Waals surface area contributed by atoms with Crippen LogP contribution in [-0.4, -0.2) is 73.3 Å². The molecule has 1 atom stereocenters. The Morgan fingerprint density at radius 2 is 1.82 bits per heavy atom. The lowest BCUT2D eigenvalue weighted by Gasteiger charge is -2.35. The number of para-hydroxylation sites is 1. The maximum atomic E-state index is 14.1. The van der Waals surface area contributed by atoms with Gasteiger partial charge < -0.3 is 24.5 Å². The Balaban J connectivity index is 2.04. The number of methoxy groups -OCH3 is 1. The number of likely N-dealkylation sites (tertiary alicyclic amines) is 1. The zero-order chi connectivity index (χ0) is 24.8. The summed E-state index contributed by atoms with van der Waals surface area (Å²) in [6, 6.07) is 12.1. The first-order valence-electron chi connectivity index (χ1n) is 11.2. The molecule has 178 valence electrons. The Kier molecular flexibility index (Phi) is 5.95. The molecular weight excluding hydrogens is 434 g/mol. The predicted molar refractivity (Wildman–Crippen MR) is 129 cm³/mol. The number of carbonyl (C=O) groups is 3. The van der Waals surface area contributed by atoms with Gasteiger partial charge in [0.2, 0.25) is 0 Å². The van der Waals surface area contributed by atoms with Crippen LogP contribution in [0.3, 0.4) is 0 Å². The zero-order valence-electron chi connectivity index (χ0n) is 20.1. The normalized spacial score (nSPS) is 21.2. The molecule has 1 N–H and O–H groups in total. The number of aryl methyl sites for hydroxylation is 1. The maximum Gasteiger partial charge on any atom is 0.296 e. The Bertz CT molecular complexity index is 1220. The highest BCUT2D eigenvalue weighted by Gasteiger charge is 2.66. The van der Waals surface area contributed by atoms with Crippen molar-refractivity contribution in [3.63, 3.8) is 0 Å². The Morgan fingerprint density at radius 3 is 2.44 bits per heavy atom. The topological polar surface area (TPSA) is 90.4 Å². The van der Waals surface area contributed by atoms with E-state index in [2.05, 4.69) is 0 Å². The summed E-state index contributed by atoms with van der Waals surface area (Å²) in [4.78, 5) is 45.7. The molecule has 34 heavy (non-hydrogen) atoms. The second-order valence-corrected chi connectivity index (χ2v) is 8.77. The lowest BCUT2D eigenvalue weighted by Crippen LogP contribution is -2.53. The number of hydrogen-bond acceptors (Lipinski definition) is 6. The first kappa shape index (κ1) is 23.5. The van der Waals surface area contributed by atoms with Crippen LogP contribution in [0.5, 0.6) is 5.75 Å². The Labute approximate surface area is 199 Å². The summed E-state index contributed by atoms with van der Waals surface area (Å²) in [7, 11) is 5.25. The van der Waals surface area contributed by atoms with Gasteiger partial charge in [0, 0.05) is 30.8 Å². The average Bonchev–Trinajstić information content (AvgIpc) is 3.19. The van der Waals surface area contributed by atoms with Gasteiger partial charge in [-0.1, -0.05) is 18.2 Å². The number of ether oxygens (including phenoxy) is 1. The third-order valence-corrected chi connectivity index (χ3v) is 6.56. The molecule has 1 spiro atoms. The van der Waals surface area contributed by atoms with Gasteiger partial charge in [-0.25, -0.2) is 0 Å². The van der Waals surface area contributed by atoms with Crippen LogP contribution in [0.4, 0.5) is 5.69 Å². The van der Waals surface area contributed by atoms with Crippen LogP contribution in [0, 0.1) is 6.92 Å². The third-order valence-electron chi connectivity index (χ3n) is 6.56. The molecule has 2 heterocycles. The van der Waals surface area contributed by atoms with Crippen LogP contribution in [0.25, 0.3) is 5.76 Å². The van der Waals surface area contributed by atoms with Crippen LogP contribution in [0.1, 0.15) is 23.6 Å². The van der Waals surface area contributed by atoms with Crippen molar-refractivity contribution >= 4 is 29.0 Å². The van der Waals surface area contributed by atoms with Crippen molar-refractivity contribution in [2.45, 2.75) is 19.4 Å². The van der Waals surface area contributed by atoms with Crippen LogP contribution >= 0.6 is 0 Å². The van der Waals surface area contributed by atoms with Gasteiger partial charge in [0.25, 0.3) is 17.6 Å². The summed E-state index contributed by atoms with van der Waals surface area (Å²) in [5.74, 6) is -1.84. The largest absolute Gasteiger partial charge is 0.507 e. The highest BCUT2D eigenvalue weighted by atomic mass is 16.5. The number of fused-ring (bicyclic) bond motifs is 2. The molecule has 1 unspecified atom stereocenters. The minimum Gasteiger partial charge on any atom is -0.507 e. The number of ketones is 1. The molecule has 8 nitrogen and oxygen atoms in total. The lowest BCUT2D eigenvalue weighted by molar-refractivity contribution is -0.143. The third kappa shape index (κ3) is 3.20. The molecule has 0 aromatic heterocycles. The smallest absolute Gasteiger partial charge is 0.296 e. The van der Waals surface area contributed by atoms with Crippen LogP contribution in [-0.2, 0) is 19.9 Å². The number of aliphatic hydroxyl groups excluding tert-OH is 1.